The molecule has 0 aromatic carbocycles. The van der Waals surface area contributed by atoms with Crippen LogP contribution < -0.4 is 0 Å². The highest BCUT2D eigenvalue weighted by molar-refractivity contribution is 5.65. The number of likely N-dealkylation sites (tertiary alicyclic amines) is 1. The Hall–Kier alpha value is -0.980. The van der Waals surface area contributed by atoms with Crippen LogP contribution in [0.4, 0.5) is 18.0 Å². The second-order valence-corrected chi connectivity index (χ2v) is 3.17. The minimum absolute atomic E-state index is 0.0486. The van der Waals surface area contributed by atoms with Gasteiger partial charge in [0.15, 0.2) is 6.10 Å². The van der Waals surface area contributed by atoms with E-state index in [1.807, 2.05) is 0 Å². The molecule has 0 bridgehead atoms. The van der Waals surface area contributed by atoms with Crippen molar-refractivity contribution in [3.05, 3.63) is 0 Å². The molecular weight excluding hydrogens is 203 g/mol. The predicted molar refractivity (Wildman–Crippen MR) is 39.8 cm³/mol. The molecule has 0 aromatic heterocycles. The Morgan fingerprint density at radius 1 is 1.50 bits per heavy atom. The fourth-order valence-electron chi connectivity index (χ4n) is 1.58. The molecule has 1 fully saturated rings. The Labute approximate surface area is 77.9 Å². The molecule has 2 atom stereocenters. The number of aliphatic hydroxyl groups excluding tert-OH is 1. The topological polar surface area (TPSA) is 60.8 Å². The van der Waals surface area contributed by atoms with Crippen LogP contribution in [0, 0.1) is 0 Å². The molecule has 1 heterocycles. The van der Waals surface area contributed by atoms with Crippen molar-refractivity contribution in [3.8, 4) is 0 Å². The molecule has 0 aromatic rings. The van der Waals surface area contributed by atoms with Crippen molar-refractivity contribution in [1.29, 1.82) is 0 Å². The zero-order valence-electron chi connectivity index (χ0n) is 7.16. The van der Waals surface area contributed by atoms with E-state index in [4.69, 9.17) is 10.2 Å². The first kappa shape index (κ1) is 11.1. The summed E-state index contributed by atoms with van der Waals surface area (Å²) in [4.78, 5) is 11.1. The maximum atomic E-state index is 12.1. The Morgan fingerprint density at radius 2 is 2.07 bits per heavy atom. The highest BCUT2D eigenvalue weighted by atomic mass is 19.4. The Bertz CT molecular complexity index is 231. The second kappa shape index (κ2) is 3.64. The third-order valence-electron chi connectivity index (χ3n) is 2.24. The lowest BCUT2D eigenvalue weighted by atomic mass is 10.1. The van der Waals surface area contributed by atoms with E-state index in [-0.39, 0.29) is 13.0 Å². The average Bonchev–Trinajstić information content (AvgIpc) is 2.48. The molecular formula is C7H10F3NO3. The molecule has 4 nitrogen and oxygen atoms in total. The number of amides is 1. The highest BCUT2D eigenvalue weighted by Crippen LogP contribution is 2.30. The molecule has 1 aliphatic heterocycles. The summed E-state index contributed by atoms with van der Waals surface area (Å²) in [7, 11) is 0. The van der Waals surface area contributed by atoms with Crippen LogP contribution in [-0.4, -0.2) is 46.1 Å². The van der Waals surface area contributed by atoms with E-state index >= 15 is 0 Å². The SMILES string of the molecule is O=C(O)N1CCCC1[C@@H](O)C(F)(F)F. The van der Waals surface area contributed by atoms with E-state index in [0.717, 1.165) is 0 Å². The van der Waals surface area contributed by atoms with Crippen molar-refractivity contribution in [3.63, 3.8) is 0 Å². The van der Waals surface area contributed by atoms with Crippen LogP contribution in [0.1, 0.15) is 12.8 Å². The minimum Gasteiger partial charge on any atom is -0.465 e. The summed E-state index contributed by atoms with van der Waals surface area (Å²) in [6, 6.07) is -1.35. The lowest BCUT2D eigenvalue weighted by Gasteiger charge is -2.27. The molecule has 0 radical (unpaired) electrons. The van der Waals surface area contributed by atoms with Crippen LogP contribution in [0.2, 0.25) is 0 Å². The molecule has 7 heteroatoms. The fourth-order valence-corrected chi connectivity index (χ4v) is 1.58. The van der Waals surface area contributed by atoms with Gasteiger partial charge in [-0.25, -0.2) is 4.79 Å². The second-order valence-electron chi connectivity index (χ2n) is 3.17. The molecule has 1 aliphatic rings. The monoisotopic (exact) mass is 213 g/mol. The summed E-state index contributed by atoms with van der Waals surface area (Å²) >= 11 is 0. The maximum absolute atomic E-state index is 12.1. The molecule has 0 aliphatic carbocycles. The number of rotatable bonds is 1. The summed E-state index contributed by atoms with van der Waals surface area (Å²) in [5, 5.41) is 17.4. The Kier molecular flexibility index (Phi) is 2.89. The quantitative estimate of drug-likeness (QED) is 0.684. The highest BCUT2D eigenvalue weighted by Gasteiger charge is 2.48. The van der Waals surface area contributed by atoms with Crippen LogP contribution in [0.25, 0.3) is 0 Å². The number of alkyl halides is 3. The molecule has 1 unspecified atom stereocenters. The summed E-state index contributed by atoms with van der Waals surface area (Å²) in [6.45, 7) is 0.0487. The van der Waals surface area contributed by atoms with Crippen molar-refractivity contribution >= 4 is 6.09 Å². The van der Waals surface area contributed by atoms with E-state index in [0.29, 0.717) is 11.3 Å². The van der Waals surface area contributed by atoms with Crippen molar-refractivity contribution in [1.82, 2.24) is 4.90 Å². The first-order chi connectivity index (χ1) is 6.34. The van der Waals surface area contributed by atoms with Crippen molar-refractivity contribution < 1.29 is 28.2 Å². The van der Waals surface area contributed by atoms with E-state index in [2.05, 4.69) is 0 Å². The van der Waals surface area contributed by atoms with E-state index in [9.17, 15) is 18.0 Å². The normalized spacial score (nSPS) is 25.1. The molecule has 1 rings (SSSR count). The van der Waals surface area contributed by atoms with E-state index in [1.54, 1.807) is 0 Å². The number of hydrogen-bond donors (Lipinski definition) is 2. The minimum atomic E-state index is -4.76. The van der Waals surface area contributed by atoms with E-state index < -0.39 is 24.4 Å². The van der Waals surface area contributed by atoms with Crippen LogP contribution in [0.15, 0.2) is 0 Å². The molecule has 14 heavy (non-hydrogen) atoms. The zero-order valence-corrected chi connectivity index (χ0v) is 7.16. The van der Waals surface area contributed by atoms with Crippen LogP contribution in [-0.2, 0) is 0 Å². The Morgan fingerprint density at radius 3 is 2.50 bits per heavy atom. The molecule has 82 valence electrons. The van der Waals surface area contributed by atoms with Gasteiger partial charge in [0.25, 0.3) is 0 Å². The third-order valence-corrected chi connectivity index (χ3v) is 2.24. The van der Waals surface area contributed by atoms with Gasteiger partial charge in [0.05, 0.1) is 6.04 Å². The lowest BCUT2D eigenvalue weighted by Crippen LogP contribution is -2.48. The zero-order chi connectivity index (χ0) is 10.9. The van der Waals surface area contributed by atoms with Crippen molar-refractivity contribution in [2.45, 2.75) is 31.2 Å². The number of nitrogens with zero attached hydrogens (tertiary/aromatic N) is 1. The molecule has 0 saturated carbocycles. The van der Waals surface area contributed by atoms with Gasteiger partial charge in [-0.1, -0.05) is 0 Å². The summed E-state index contributed by atoms with van der Waals surface area (Å²) in [6.07, 6.45) is -8.36. The van der Waals surface area contributed by atoms with Gasteiger partial charge < -0.3 is 15.1 Å². The number of aliphatic hydroxyl groups is 1. The van der Waals surface area contributed by atoms with E-state index in [1.165, 1.54) is 0 Å². The van der Waals surface area contributed by atoms with Gasteiger partial charge in [-0.3, -0.25) is 0 Å². The number of carbonyl (C=O) groups is 1. The molecule has 1 amide bonds. The molecule has 2 N–H and O–H groups in total. The predicted octanol–water partition coefficient (Wildman–Crippen LogP) is 1.05. The summed E-state index contributed by atoms with van der Waals surface area (Å²) in [5.41, 5.74) is 0. The smallest absolute Gasteiger partial charge is 0.416 e. The van der Waals surface area contributed by atoms with Crippen LogP contribution in [0.3, 0.4) is 0 Å². The first-order valence-corrected chi connectivity index (χ1v) is 4.08. The number of carboxylic acid groups (broad SMARTS) is 1. The maximum Gasteiger partial charge on any atom is 0.416 e. The summed E-state index contributed by atoms with van der Waals surface area (Å²) in [5.74, 6) is 0. The lowest BCUT2D eigenvalue weighted by molar-refractivity contribution is -0.217. The van der Waals surface area contributed by atoms with Gasteiger partial charge in [-0.05, 0) is 12.8 Å². The first-order valence-electron chi connectivity index (χ1n) is 4.08. The van der Waals surface area contributed by atoms with Gasteiger partial charge in [0.2, 0.25) is 0 Å². The van der Waals surface area contributed by atoms with Crippen LogP contribution >= 0.6 is 0 Å². The number of hydrogen-bond acceptors (Lipinski definition) is 2. The number of halogens is 3. The Balaban J connectivity index is 2.72. The summed E-state index contributed by atoms with van der Waals surface area (Å²) < 4.78 is 36.2. The largest absolute Gasteiger partial charge is 0.465 e. The average molecular weight is 213 g/mol. The van der Waals surface area contributed by atoms with Gasteiger partial charge in [0, 0.05) is 6.54 Å². The fraction of sp³-hybridized carbons (Fsp3) is 0.857. The standard InChI is InChI=1S/C7H10F3NO3/c8-7(9,10)5(12)4-2-1-3-11(4)6(13)14/h4-5,12H,1-3H2,(H,13,14)/t4?,5-/m1/s1. The van der Waals surface area contributed by atoms with Crippen molar-refractivity contribution in [2.24, 2.45) is 0 Å². The van der Waals surface area contributed by atoms with Gasteiger partial charge in [0.1, 0.15) is 0 Å². The third kappa shape index (κ3) is 2.09. The molecule has 1 saturated heterocycles. The van der Waals surface area contributed by atoms with Gasteiger partial charge >= 0.3 is 12.3 Å². The van der Waals surface area contributed by atoms with Crippen molar-refractivity contribution in [2.75, 3.05) is 6.54 Å². The van der Waals surface area contributed by atoms with Gasteiger partial charge in [-0.2, -0.15) is 13.2 Å². The van der Waals surface area contributed by atoms with Gasteiger partial charge in [-0.15, -0.1) is 0 Å². The van der Waals surface area contributed by atoms with Crippen LogP contribution in [0.5, 0.6) is 0 Å². The molecule has 0 spiro atoms.